The van der Waals surface area contributed by atoms with Gasteiger partial charge < -0.3 is 5.11 Å². The number of aromatic nitrogens is 1. The fraction of sp³-hybridized carbons (Fsp3) is 0.217. The van der Waals surface area contributed by atoms with Crippen LogP contribution in [0.25, 0.3) is 22.6 Å². The van der Waals surface area contributed by atoms with Crippen LogP contribution in [0.3, 0.4) is 0 Å². The number of carbonyl (C=O) groups is 1. The van der Waals surface area contributed by atoms with E-state index in [1.54, 1.807) is 0 Å². The Morgan fingerprint density at radius 2 is 1.89 bits per heavy atom. The summed E-state index contributed by atoms with van der Waals surface area (Å²) in [4.78, 5) is 19.3. The molecule has 1 aliphatic heterocycles. The Labute approximate surface area is 158 Å². The van der Waals surface area contributed by atoms with Gasteiger partial charge in [0.1, 0.15) is 0 Å². The number of nitrogens with zero attached hydrogens (tertiary/aromatic N) is 2. The van der Waals surface area contributed by atoms with Crippen molar-refractivity contribution in [3.63, 3.8) is 0 Å². The zero-order valence-electron chi connectivity index (χ0n) is 15.6. The van der Waals surface area contributed by atoms with Crippen molar-refractivity contribution in [2.75, 3.05) is 13.1 Å². The van der Waals surface area contributed by atoms with Gasteiger partial charge in [0.05, 0.1) is 16.8 Å². The highest BCUT2D eigenvalue weighted by atomic mass is 16.4. The minimum atomic E-state index is -0.891. The summed E-state index contributed by atoms with van der Waals surface area (Å²) in [6, 6.07) is 15.7. The zero-order chi connectivity index (χ0) is 19.0. The summed E-state index contributed by atoms with van der Waals surface area (Å²) < 4.78 is 0. The van der Waals surface area contributed by atoms with Crippen molar-refractivity contribution in [2.24, 2.45) is 0 Å². The predicted octanol–water partition coefficient (Wildman–Crippen LogP) is 4.62. The Kier molecular flexibility index (Phi) is 4.50. The fourth-order valence-corrected chi connectivity index (χ4v) is 3.78. The highest BCUT2D eigenvalue weighted by Gasteiger charge is 2.27. The van der Waals surface area contributed by atoms with E-state index in [1.807, 2.05) is 36.4 Å². The average molecular weight is 358 g/mol. The first-order valence-corrected chi connectivity index (χ1v) is 9.22. The van der Waals surface area contributed by atoms with E-state index in [0.29, 0.717) is 17.5 Å². The highest BCUT2D eigenvalue weighted by Crippen LogP contribution is 2.34. The smallest absolute Gasteiger partial charge is 0.336 e. The minimum absolute atomic E-state index is 0.379. The molecule has 0 radical (unpaired) electrons. The molecule has 0 spiro atoms. The Bertz CT molecular complexity index is 1070. The number of carboxylic acid groups (broad SMARTS) is 1. The Morgan fingerprint density at radius 3 is 2.63 bits per heavy atom. The Balaban J connectivity index is 2.01. The molecule has 0 aliphatic carbocycles. The second kappa shape index (κ2) is 6.97. The van der Waals surface area contributed by atoms with E-state index in [2.05, 4.69) is 37.0 Å². The number of fused-ring (bicyclic) bond motifs is 2. The van der Waals surface area contributed by atoms with Crippen molar-refractivity contribution in [1.29, 1.82) is 0 Å². The van der Waals surface area contributed by atoms with Crippen molar-refractivity contribution in [3.05, 3.63) is 76.5 Å². The van der Waals surface area contributed by atoms with E-state index in [9.17, 15) is 9.90 Å². The quantitative estimate of drug-likeness (QED) is 0.742. The number of hydrogen-bond acceptors (Lipinski definition) is 3. The van der Waals surface area contributed by atoms with E-state index in [4.69, 9.17) is 4.98 Å². The second-order valence-corrected chi connectivity index (χ2v) is 6.97. The van der Waals surface area contributed by atoms with Gasteiger partial charge in [-0.25, -0.2) is 9.78 Å². The van der Waals surface area contributed by atoms with Crippen molar-refractivity contribution in [1.82, 2.24) is 9.88 Å². The molecule has 136 valence electrons. The van der Waals surface area contributed by atoms with Crippen LogP contribution in [0.1, 0.15) is 39.7 Å². The molecule has 3 aromatic rings. The van der Waals surface area contributed by atoms with Crippen LogP contribution < -0.4 is 0 Å². The van der Waals surface area contributed by atoms with Crippen LogP contribution in [-0.4, -0.2) is 34.0 Å². The molecule has 0 amide bonds. The van der Waals surface area contributed by atoms with Gasteiger partial charge in [-0.05, 0) is 42.3 Å². The maximum absolute atomic E-state index is 12.1. The van der Waals surface area contributed by atoms with Crippen LogP contribution in [0, 0.1) is 6.92 Å². The van der Waals surface area contributed by atoms with Gasteiger partial charge >= 0.3 is 5.97 Å². The molecule has 1 aromatic heterocycles. The van der Waals surface area contributed by atoms with Crippen LogP contribution in [0.2, 0.25) is 0 Å². The van der Waals surface area contributed by atoms with Crippen molar-refractivity contribution >= 4 is 28.5 Å². The molecule has 27 heavy (non-hydrogen) atoms. The van der Waals surface area contributed by atoms with E-state index in [0.717, 1.165) is 41.0 Å². The Morgan fingerprint density at radius 1 is 1.15 bits per heavy atom. The van der Waals surface area contributed by atoms with E-state index >= 15 is 0 Å². The molecule has 4 rings (SSSR count). The molecular weight excluding hydrogens is 336 g/mol. The molecule has 2 aromatic carbocycles. The summed E-state index contributed by atoms with van der Waals surface area (Å²) in [5.74, 6) is -0.891. The summed E-state index contributed by atoms with van der Waals surface area (Å²) in [6.07, 6.45) is 2.16. The number of pyridine rings is 1. The number of benzene rings is 2. The lowest BCUT2D eigenvalue weighted by Gasteiger charge is -2.30. The summed E-state index contributed by atoms with van der Waals surface area (Å²) in [5, 5.41) is 10.7. The molecule has 1 N–H and O–H groups in total. The van der Waals surface area contributed by atoms with E-state index in [1.165, 1.54) is 5.56 Å². The number of para-hydroxylation sites is 1. The third kappa shape index (κ3) is 3.13. The lowest BCUT2D eigenvalue weighted by atomic mass is 9.91. The molecule has 2 heterocycles. The first-order valence-electron chi connectivity index (χ1n) is 9.22. The average Bonchev–Trinajstić information content (AvgIpc) is 2.67. The van der Waals surface area contributed by atoms with Gasteiger partial charge in [0, 0.05) is 24.0 Å². The van der Waals surface area contributed by atoms with Crippen LogP contribution >= 0.6 is 0 Å². The van der Waals surface area contributed by atoms with Crippen LogP contribution in [0.4, 0.5) is 0 Å². The molecule has 4 heteroatoms. The molecule has 0 fully saturated rings. The predicted molar refractivity (Wildman–Crippen MR) is 109 cm³/mol. The van der Waals surface area contributed by atoms with Gasteiger partial charge in [-0.3, -0.25) is 4.90 Å². The van der Waals surface area contributed by atoms with Crippen molar-refractivity contribution < 1.29 is 9.90 Å². The van der Waals surface area contributed by atoms with E-state index in [-0.39, 0.29) is 0 Å². The first-order chi connectivity index (χ1) is 13.1. The maximum Gasteiger partial charge on any atom is 0.336 e. The number of aryl methyl sites for hydroxylation is 1. The summed E-state index contributed by atoms with van der Waals surface area (Å²) in [5.41, 5.74) is 6.15. The van der Waals surface area contributed by atoms with E-state index < -0.39 is 5.97 Å². The summed E-state index contributed by atoms with van der Waals surface area (Å²) >= 11 is 0. The number of aromatic carboxylic acids is 1. The van der Waals surface area contributed by atoms with Crippen molar-refractivity contribution in [2.45, 2.75) is 20.4 Å². The normalized spacial score (nSPS) is 15.9. The molecule has 0 saturated heterocycles. The fourth-order valence-electron chi connectivity index (χ4n) is 3.78. The largest absolute Gasteiger partial charge is 0.478 e. The molecule has 0 atom stereocenters. The lowest BCUT2D eigenvalue weighted by molar-refractivity contribution is 0.0696. The Hall–Kier alpha value is -2.98. The van der Waals surface area contributed by atoms with Crippen molar-refractivity contribution in [3.8, 4) is 0 Å². The van der Waals surface area contributed by atoms with Gasteiger partial charge in [0.15, 0.2) is 0 Å². The van der Waals surface area contributed by atoms with Crippen LogP contribution in [0.15, 0.2) is 48.5 Å². The SMILES string of the molecule is CCN1C/C(=C/c2ccccc2C)c2nc3ccccc3c(C(=O)O)c2C1. The third-order valence-electron chi connectivity index (χ3n) is 5.25. The second-order valence-electron chi connectivity index (χ2n) is 6.97. The van der Waals surface area contributed by atoms with Crippen LogP contribution in [0.5, 0.6) is 0 Å². The van der Waals surface area contributed by atoms with Gasteiger partial charge in [0.25, 0.3) is 0 Å². The van der Waals surface area contributed by atoms with Gasteiger partial charge in [-0.15, -0.1) is 0 Å². The number of carboxylic acids is 1. The zero-order valence-corrected chi connectivity index (χ0v) is 15.6. The highest BCUT2D eigenvalue weighted by molar-refractivity contribution is 6.06. The first kappa shape index (κ1) is 17.4. The number of hydrogen-bond donors (Lipinski definition) is 1. The maximum atomic E-state index is 12.1. The minimum Gasteiger partial charge on any atom is -0.478 e. The van der Waals surface area contributed by atoms with Gasteiger partial charge in [0.2, 0.25) is 0 Å². The van der Waals surface area contributed by atoms with Gasteiger partial charge in [-0.1, -0.05) is 49.4 Å². The number of rotatable bonds is 3. The topological polar surface area (TPSA) is 53.4 Å². The third-order valence-corrected chi connectivity index (χ3v) is 5.25. The van der Waals surface area contributed by atoms with Crippen LogP contribution in [-0.2, 0) is 6.54 Å². The summed E-state index contributed by atoms with van der Waals surface area (Å²) in [6.45, 7) is 6.42. The lowest BCUT2D eigenvalue weighted by Crippen LogP contribution is -2.31. The summed E-state index contributed by atoms with van der Waals surface area (Å²) in [7, 11) is 0. The standard InChI is InChI=1S/C23H22N2O2/c1-3-25-13-17(12-16-9-5-4-8-15(16)2)22-19(14-25)21(23(26)27)18-10-6-7-11-20(18)24-22/h4-12H,3,13-14H2,1-2H3,(H,26,27)/b17-12-. The van der Waals surface area contributed by atoms with Gasteiger partial charge in [-0.2, -0.15) is 0 Å². The molecule has 0 unspecified atom stereocenters. The molecular formula is C23H22N2O2. The monoisotopic (exact) mass is 358 g/mol. The molecule has 1 aliphatic rings. The molecule has 0 bridgehead atoms. The number of likely N-dealkylation sites (N-methyl/N-ethyl adjacent to an activating group) is 1. The molecule has 0 saturated carbocycles. The molecule has 4 nitrogen and oxygen atoms in total.